The van der Waals surface area contributed by atoms with Crippen LogP contribution in [-0.2, 0) is 37.4 Å². The number of hydrogen-bond donors (Lipinski definition) is 0. The van der Waals surface area contributed by atoms with Crippen LogP contribution in [0.2, 0.25) is 5.15 Å². The van der Waals surface area contributed by atoms with E-state index < -0.39 is 0 Å². The molecule has 8 heteroatoms. The van der Waals surface area contributed by atoms with Crippen molar-refractivity contribution in [2.24, 2.45) is 0 Å². The van der Waals surface area contributed by atoms with Crippen LogP contribution in [0.25, 0.3) is 11.2 Å². The Morgan fingerprint density at radius 1 is 1.39 bits per heavy atom. The molecule has 1 aliphatic heterocycles. The molecule has 1 atom stereocenters. The minimum Gasteiger partial charge on any atom is -0.408 e. The van der Waals surface area contributed by atoms with Gasteiger partial charge in [-0.15, -0.1) is 0 Å². The van der Waals surface area contributed by atoms with E-state index in [1.807, 2.05) is 27.2 Å². The van der Waals surface area contributed by atoms with Gasteiger partial charge in [-0.05, 0) is 24.8 Å². The van der Waals surface area contributed by atoms with Gasteiger partial charge in [0.2, 0.25) is 0 Å². The summed E-state index contributed by atoms with van der Waals surface area (Å²) >= 11 is 8.06. The number of aromatic nitrogens is 4. The number of ether oxygens (including phenoxy) is 1. The van der Waals surface area contributed by atoms with E-state index >= 15 is 0 Å². The Labute approximate surface area is 148 Å². The van der Waals surface area contributed by atoms with Crippen LogP contribution < -0.4 is 0 Å². The van der Waals surface area contributed by atoms with Gasteiger partial charge in [0, 0.05) is 73.9 Å². The Morgan fingerprint density at radius 3 is 2.94 bits per heavy atom. The molecule has 3 rings (SSSR count). The van der Waals surface area contributed by atoms with Crippen molar-refractivity contribution < 1.29 is 37.4 Å². The SMILES string of the molecule is Clc1nc(I)nc2c1n[c-]n2C1CCCCO1.[Y]. The predicted molar refractivity (Wildman–Crippen MR) is 70.7 cm³/mol. The molecule has 93 valence electrons. The smallest absolute Gasteiger partial charge is 0.179 e. The molecule has 3 heterocycles. The second kappa shape index (κ2) is 6.39. The molecule has 0 saturated carbocycles. The van der Waals surface area contributed by atoms with Gasteiger partial charge in [-0.3, -0.25) is 4.98 Å². The van der Waals surface area contributed by atoms with E-state index in [0.29, 0.717) is 20.1 Å². The van der Waals surface area contributed by atoms with Crippen molar-refractivity contribution in [3.8, 4) is 0 Å². The number of halogens is 2. The molecule has 18 heavy (non-hydrogen) atoms. The van der Waals surface area contributed by atoms with Gasteiger partial charge in [0.1, 0.15) is 6.23 Å². The minimum atomic E-state index is -0.0319. The van der Waals surface area contributed by atoms with Crippen molar-refractivity contribution in [1.29, 1.82) is 0 Å². The van der Waals surface area contributed by atoms with Gasteiger partial charge in [-0.2, -0.15) is 0 Å². The molecule has 1 radical (unpaired) electrons. The fourth-order valence-corrected chi connectivity index (χ4v) is 2.75. The second-order valence-electron chi connectivity index (χ2n) is 3.86. The van der Waals surface area contributed by atoms with Gasteiger partial charge in [-0.25, -0.2) is 4.98 Å². The van der Waals surface area contributed by atoms with Crippen LogP contribution in [0.15, 0.2) is 0 Å². The normalized spacial score (nSPS) is 19.8. The molecule has 0 N–H and O–H groups in total. The maximum Gasteiger partial charge on any atom is 0.179 e. The zero-order valence-electron chi connectivity index (χ0n) is 9.44. The molecule has 1 saturated heterocycles. The van der Waals surface area contributed by atoms with Crippen molar-refractivity contribution in [1.82, 2.24) is 19.5 Å². The Bertz CT molecular complexity index is 558. The molecule has 0 aliphatic carbocycles. The molecular weight excluding hydrogens is 443 g/mol. The molecule has 1 fully saturated rings. The fraction of sp³-hybridized carbons (Fsp3) is 0.500. The zero-order chi connectivity index (χ0) is 11.8. The summed E-state index contributed by atoms with van der Waals surface area (Å²) in [6.07, 6.45) is 6.08. The first-order valence-corrected chi connectivity index (χ1v) is 6.81. The van der Waals surface area contributed by atoms with Crippen molar-refractivity contribution in [2.45, 2.75) is 25.5 Å². The molecule has 0 aromatic carbocycles. The maximum absolute atomic E-state index is 6.02. The third kappa shape index (κ3) is 2.87. The van der Waals surface area contributed by atoms with Crippen molar-refractivity contribution in [3.05, 3.63) is 15.3 Å². The van der Waals surface area contributed by atoms with Crippen LogP contribution in [0.3, 0.4) is 0 Å². The Kier molecular flexibility index (Phi) is 5.34. The summed E-state index contributed by atoms with van der Waals surface area (Å²) in [7, 11) is 0. The number of nitrogens with zero attached hydrogens (tertiary/aromatic N) is 4. The molecule has 1 aliphatic rings. The molecule has 5 nitrogen and oxygen atoms in total. The number of rotatable bonds is 1. The summed E-state index contributed by atoms with van der Waals surface area (Å²) in [4.78, 5) is 12.5. The summed E-state index contributed by atoms with van der Waals surface area (Å²) < 4.78 is 8.12. The first-order valence-electron chi connectivity index (χ1n) is 5.36. The van der Waals surface area contributed by atoms with Crippen molar-refractivity contribution in [2.75, 3.05) is 6.61 Å². The van der Waals surface area contributed by atoms with E-state index in [4.69, 9.17) is 16.3 Å². The van der Waals surface area contributed by atoms with E-state index in [1.54, 1.807) is 0 Å². The van der Waals surface area contributed by atoms with Crippen LogP contribution >= 0.6 is 34.2 Å². The third-order valence-electron chi connectivity index (χ3n) is 2.74. The predicted octanol–water partition coefficient (Wildman–Crippen LogP) is 2.58. The van der Waals surface area contributed by atoms with Gasteiger partial charge in [0.25, 0.3) is 0 Å². The first kappa shape index (κ1) is 15.0. The molecule has 2 aromatic heterocycles. The summed E-state index contributed by atoms with van der Waals surface area (Å²) in [5.74, 6) is 0. The standard InChI is InChI=1S/C10H9ClIN4O.Y/c11-8-7-9(15-10(12)14-8)16(5-13-7)6-3-1-2-4-17-6;/h6H,1-4H2;/q-1;. The van der Waals surface area contributed by atoms with Crippen LogP contribution in [0.5, 0.6) is 0 Å². The average molecular weight is 452 g/mol. The monoisotopic (exact) mass is 452 g/mol. The largest absolute Gasteiger partial charge is 0.408 e. The van der Waals surface area contributed by atoms with Gasteiger partial charge in [0.15, 0.2) is 3.83 Å². The zero-order valence-corrected chi connectivity index (χ0v) is 15.2. The van der Waals surface area contributed by atoms with Crippen LogP contribution in [-0.4, -0.2) is 26.1 Å². The molecule has 0 spiro atoms. The molecule has 2 aromatic rings. The summed E-state index contributed by atoms with van der Waals surface area (Å²) in [6.45, 7) is 0.772. The van der Waals surface area contributed by atoms with Crippen LogP contribution in [0.4, 0.5) is 0 Å². The van der Waals surface area contributed by atoms with Gasteiger partial charge < -0.3 is 14.3 Å². The molecular formula is C10H9ClIN4OY-. The van der Waals surface area contributed by atoms with Gasteiger partial charge >= 0.3 is 0 Å². The number of imidazole rings is 1. The van der Waals surface area contributed by atoms with Crippen molar-refractivity contribution >= 4 is 45.4 Å². The number of fused-ring (bicyclic) bond motifs is 1. The van der Waals surface area contributed by atoms with E-state index in [-0.39, 0.29) is 38.9 Å². The quantitative estimate of drug-likeness (QED) is 0.289. The van der Waals surface area contributed by atoms with E-state index in [0.717, 1.165) is 25.9 Å². The number of hydrogen-bond acceptors (Lipinski definition) is 4. The summed E-state index contributed by atoms with van der Waals surface area (Å²) in [5, 5.41) is 0.366. The molecule has 0 bridgehead atoms. The van der Waals surface area contributed by atoms with Gasteiger partial charge in [-0.1, -0.05) is 11.6 Å². The molecule has 1 unspecified atom stereocenters. The summed E-state index contributed by atoms with van der Waals surface area (Å²) in [5.41, 5.74) is 1.28. The van der Waals surface area contributed by atoms with Crippen molar-refractivity contribution in [3.63, 3.8) is 0 Å². The second-order valence-corrected chi connectivity index (χ2v) is 5.18. The summed E-state index contributed by atoms with van der Waals surface area (Å²) in [6, 6.07) is 0. The maximum atomic E-state index is 6.02. The first-order chi connectivity index (χ1) is 8.25. The third-order valence-corrected chi connectivity index (χ3v) is 3.48. The Balaban J connectivity index is 0.00000120. The average Bonchev–Trinajstić information content (AvgIpc) is 2.74. The van der Waals surface area contributed by atoms with Crippen LogP contribution in [0.1, 0.15) is 25.5 Å². The van der Waals surface area contributed by atoms with E-state index in [1.165, 1.54) is 0 Å². The molecule has 0 amide bonds. The topological polar surface area (TPSA) is 52.8 Å². The fourth-order valence-electron chi connectivity index (χ4n) is 1.94. The van der Waals surface area contributed by atoms with E-state index in [2.05, 4.69) is 21.3 Å². The van der Waals surface area contributed by atoms with E-state index in [9.17, 15) is 0 Å². The Morgan fingerprint density at radius 2 is 2.22 bits per heavy atom. The van der Waals surface area contributed by atoms with Gasteiger partial charge in [0.05, 0.1) is 5.15 Å². The van der Waals surface area contributed by atoms with Crippen LogP contribution in [0, 0.1) is 10.2 Å². The minimum absolute atomic E-state index is 0. The Hall–Kier alpha value is 0.634.